The molecule has 0 aromatic carbocycles. The molecule has 24 heteroatoms. The maximum absolute atomic E-state index is 10.7. The minimum atomic E-state index is -6.09. The van der Waals surface area contributed by atoms with Gasteiger partial charge in [0, 0.05) is 69.5 Å². The van der Waals surface area contributed by atoms with Crippen LogP contribution in [0.4, 0.5) is 26.3 Å². The van der Waals surface area contributed by atoms with Crippen LogP contribution in [-0.4, -0.2) is 163 Å². The van der Waals surface area contributed by atoms with Crippen molar-refractivity contribution >= 4 is 32.2 Å². The van der Waals surface area contributed by atoms with E-state index in [0.29, 0.717) is 0 Å². The van der Waals surface area contributed by atoms with Crippen LogP contribution >= 0.6 is 0 Å². The number of halogens is 6. The Balaban J connectivity index is -0.000000187. The summed E-state index contributed by atoms with van der Waals surface area (Å²) in [6.07, 6.45) is 0. The molecule has 0 aromatic rings. The normalized spacial score (nSPS) is 11.1. The van der Waals surface area contributed by atoms with Gasteiger partial charge in [-0.2, -0.15) is 26.3 Å². The molecule has 0 aromatic heterocycles. The summed E-state index contributed by atoms with van der Waals surface area (Å²) in [6, 6.07) is 0. The van der Waals surface area contributed by atoms with Crippen molar-refractivity contribution in [2.45, 2.75) is 11.0 Å². The fraction of sp³-hybridized carbons (Fsp3) is 0.882. The molecule has 41 heavy (non-hydrogen) atoms. The van der Waals surface area contributed by atoms with Crippen LogP contribution in [0.25, 0.3) is 0 Å². The molecule has 0 spiro atoms. The number of guanidine groups is 2. The molecule has 0 aliphatic heterocycles. The first-order valence-corrected chi connectivity index (χ1v) is 13.2. The maximum Gasteiger partial charge on any atom is 3.00 e. The fourth-order valence-corrected chi connectivity index (χ4v) is 2.12. The predicted octanol–water partition coefficient (Wildman–Crippen LogP) is -0.470. The summed E-state index contributed by atoms with van der Waals surface area (Å²) in [5.41, 5.74) is -5.54. The van der Waals surface area contributed by atoms with E-state index in [9.17, 15) is 26.3 Å². The van der Waals surface area contributed by atoms with Crippen LogP contribution in [0, 0.1) is 4.91 Å². The second-order valence-electron chi connectivity index (χ2n) is 8.04. The van der Waals surface area contributed by atoms with Crippen molar-refractivity contribution in [2.24, 2.45) is 9.98 Å². The van der Waals surface area contributed by atoms with Gasteiger partial charge in [-0.05, 0) is 7.05 Å². The Morgan fingerprint density at radius 1 is 0.610 bits per heavy atom. The Kier molecular flexibility index (Phi) is 25.8. The second kappa shape index (κ2) is 21.7. The number of likely N-dealkylation sites (N-methyl/N-ethyl adjacent to an activating group) is 1. The summed E-state index contributed by atoms with van der Waals surface area (Å²) in [4.78, 5) is 26.9. The zero-order valence-electron chi connectivity index (χ0n) is 23.7. The Bertz CT molecular complexity index is 883. The van der Waals surface area contributed by atoms with Gasteiger partial charge in [0.15, 0.2) is 32.2 Å². The molecule has 246 valence electrons. The number of nitrogens with zero attached hydrogens (tertiary/aromatic N) is 8. The number of nitroso groups, excluding NO2 is 1. The number of hydrogen-bond acceptors (Lipinski definition) is 10. The Morgan fingerprint density at radius 2 is 0.780 bits per heavy atom. The maximum atomic E-state index is 10.7. The van der Waals surface area contributed by atoms with Gasteiger partial charge in [0.1, 0.15) is 5.59 Å². The van der Waals surface area contributed by atoms with Crippen molar-refractivity contribution in [3.05, 3.63) is 4.91 Å². The number of hydrogen-bond donors (Lipinski definition) is 0. The summed E-state index contributed by atoms with van der Waals surface area (Å²) >= 11 is 0. The smallest absolute Gasteiger partial charge is 0.741 e. The van der Waals surface area contributed by atoms with E-state index in [1.54, 1.807) is 0 Å². The summed E-state index contributed by atoms with van der Waals surface area (Å²) in [5, 5.41) is 0. The molecule has 0 amide bonds. The third kappa shape index (κ3) is 25.5. The average Bonchev–Trinajstić information content (AvgIpc) is 2.72. The second-order valence-corrected chi connectivity index (χ2v) is 10.8. The van der Waals surface area contributed by atoms with Crippen LogP contribution in [0.3, 0.4) is 0 Å². The van der Waals surface area contributed by atoms with E-state index in [2.05, 4.69) is 21.9 Å². The van der Waals surface area contributed by atoms with E-state index >= 15 is 0 Å². The van der Waals surface area contributed by atoms with Crippen LogP contribution in [0.2, 0.25) is 0 Å². The molecule has 0 bridgehead atoms. The summed E-state index contributed by atoms with van der Waals surface area (Å²) in [5.74, 6) is 1.99. The summed E-state index contributed by atoms with van der Waals surface area (Å²) in [6.45, 7) is 3.44. The standard InChI is InChI=1S/C15H35N7.2CHF3O3S.Fe.NO/c1-18(2)14(19(3)4)16-10-12-22(9)13-11-17-15(20(5)6)21(7)8;2*2-1(3,4)8(5,6)7;;1-2/h10-13H2,1-9H3;2*(H,5,6,7);;/q;;;+3;/p-2. The van der Waals surface area contributed by atoms with Gasteiger partial charge in [0.2, 0.25) is 0 Å². The van der Waals surface area contributed by atoms with Crippen LogP contribution in [0.1, 0.15) is 0 Å². The number of alkyl halides is 6. The summed E-state index contributed by atoms with van der Waals surface area (Å²) < 4.78 is 118. The fourth-order valence-electron chi connectivity index (χ4n) is 2.12. The van der Waals surface area contributed by atoms with E-state index in [4.69, 9.17) is 36.4 Å². The first kappa shape index (κ1) is 48.7. The largest absolute Gasteiger partial charge is 3.00 e. The van der Waals surface area contributed by atoms with Gasteiger partial charge >= 0.3 is 28.1 Å². The molecular weight excluding hydrogens is 662 g/mol. The number of aliphatic imine (C=N–C) groups is 2. The van der Waals surface area contributed by atoms with Crippen molar-refractivity contribution in [1.82, 2.24) is 30.1 Å². The number of rotatable bonds is 6. The minimum absolute atomic E-state index is 0. The van der Waals surface area contributed by atoms with E-state index < -0.39 is 31.3 Å². The van der Waals surface area contributed by atoms with Crippen molar-refractivity contribution in [1.29, 1.82) is 0 Å². The molecule has 0 aliphatic rings. The summed E-state index contributed by atoms with van der Waals surface area (Å²) in [7, 11) is 6.05. The molecular formula is C17H35F6FeN8O7S2+. The van der Waals surface area contributed by atoms with Crippen LogP contribution in [0.15, 0.2) is 9.98 Å². The Morgan fingerprint density at radius 3 is 0.902 bits per heavy atom. The van der Waals surface area contributed by atoms with E-state index in [1.807, 2.05) is 76.0 Å². The first-order chi connectivity index (χ1) is 17.7. The molecule has 0 heterocycles. The molecule has 0 N–H and O–H groups in total. The predicted molar refractivity (Wildman–Crippen MR) is 134 cm³/mol. The average molecular weight is 697 g/mol. The van der Waals surface area contributed by atoms with E-state index in [1.165, 1.54) is 0 Å². The molecule has 0 atom stereocenters. The monoisotopic (exact) mass is 697 g/mol. The van der Waals surface area contributed by atoms with Gasteiger partial charge in [-0.1, -0.05) is 0 Å². The molecule has 0 saturated carbocycles. The van der Waals surface area contributed by atoms with Crippen molar-refractivity contribution < 1.29 is 69.4 Å². The van der Waals surface area contributed by atoms with Gasteiger partial charge in [-0.25, -0.2) is 16.8 Å². The molecule has 0 fully saturated rings. The molecule has 0 unspecified atom stereocenters. The zero-order valence-corrected chi connectivity index (χ0v) is 26.4. The van der Waals surface area contributed by atoms with E-state index in [-0.39, 0.29) is 17.1 Å². The van der Waals surface area contributed by atoms with Gasteiger partial charge in [-0.15, -0.1) is 4.91 Å². The van der Waals surface area contributed by atoms with Gasteiger partial charge in [-0.3, -0.25) is 9.98 Å². The molecule has 0 aliphatic carbocycles. The third-order valence-electron chi connectivity index (χ3n) is 3.64. The molecule has 0 rings (SSSR count). The van der Waals surface area contributed by atoms with Gasteiger partial charge in [0.05, 0.1) is 13.1 Å². The SMILES string of the molecule is CN(CCN=C(N(C)C)N(C)C)CCN=C(N(C)C)N(C)C.O=S(=O)([O-])C(F)(F)F.O=S(=O)([O-])C(F)(F)F.[Fe+3].[N]=O. The zero-order chi connectivity index (χ0) is 33.3. The van der Waals surface area contributed by atoms with Crippen molar-refractivity contribution in [3.8, 4) is 0 Å². The Labute approximate surface area is 247 Å². The van der Waals surface area contributed by atoms with Gasteiger partial charge < -0.3 is 33.6 Å². The van der Waals surface area contributed by atoms with Crippen molar-refractivity contribution in [2.75, 3.05) is 89.6 Å². The minimum Gasteiger partial charge on any atom is -0.741 e. The van der Waals surface area contributed by atoms with Crippen LogP contribution < -0.4 is 5.59 Å². The molecule has 2 radical (unpaired) electrons. The molecule has 0 saturated heterocycles. The van der Waals surface area contributed by atoms with Crippen LogP contribution in [0.5, 0.6) is 0 Å². The quantitative estimate of drug-likeness (QED) is 0.0866. The van der Waals surface area contributed by atoms with Crippen LogP contribution in [-0.2, 0) is 37.3 Å². The third-order valence-corrected chi connectivity index (χ3v) is 4.77. The van der Waals surface area contributed by atoms with E-state index in [0.717, 1.165) is 38.1 Å². The first-order valence-electron chi connectivity index (χ1n) is 10.4. The topological polar surface area (TPSA) is 195 Å². The molecule has 15 nitrogen and oxygen atoms in total. The van der Waals surface area contributed by atoms with Gasteiger partial charge in [0.25, 0.3) is 0 Å². The van der Waals surface area contributed by atoms with Crippen molar-refractivity contribution in [3.63, 3.8) is 0 Å². The Hall–Kier alpha value is -1.98.